The molecule has 0 amide bonds. The van der Waals surface area contributed by atoms with Crippen LogP contribution >= 0.6 is 0 Å². The van der Waals surface area contributed by atoms with Crippen molar-refractivity contribution in [3.8, 4) is 0 Å². The van der Waals surface area contributed by atoms with Crippen LogP contribution in [-0.2, 0) is 9.53 Å². The van der Waals surface area contributed by atoms with E-state index >= 15 is 0 Å². The number of pyridine rings is 1. The fourth-order valence-electron chi connectivity index (χ4n) is 2.08. The molecule has 4 heteroatoms. The second-order valence-corrected chi connectivity index (χ2v) is 4.35. The molecule has 0 saturated heterocycles. The molecule has 0 N–H and O–H groups in total. The van der Waals surface area contributed by atoms with Crippen molar-refractivity contribution in [2.75, 3.05) is 7.11 Å². The maximum absolute atomic E-state index is 11.9. The normalized spacial score (nSPS) is 12.9. The third-order valence-electron chi connectivity index (χ3n) is 2.90. The van der Waals surface area contributed by atoms with E-state index in [1.165, 1.54) is 7.11 Å². The zero-order chi connectivity index (χ0) is 12.4. The Kier molecular flexibility index (Phi) is 3.13. The number of rotatable bonds is 3. The molecule has 4 nitrogen and oxygen atoms in total. The van der Waals surface area contributed by atoms with E-state index in [-0.39, 0.29) is 17.8 Å². The van der Waals surface area contributed by atoms with E-state index < -0.39 is 0 Å². The van der Waals surface area contributed by atoms with Crippen LogP contribution in [0.3, 0.4) is 0 Å². The summed E-state index contributed by atoms with van der Waals surface area (Å²) in [7, 11) is 1.42. The summed E-state index contributed by atoms with van der Waals surface area (Å²) in [5.74, 6) is -0.297. The summed E-state index contributed by atoms with van der Waals surface area (Å²) < 4.78 is 6.81. The predicted octanol–water partition coefficient (Wildman–Crippen LogP) is 2.25. The smallest absolute Gasteiger partial charge is 0.314 e. The number of carbonyl (C=O) groups is 1. The fraction of sp³-hybridized carbons (Fsp3) is 0.385. The average Bonchev–Trinajstić information content (AvgIpc) is 2.77. The van der Waals surface area contributed by atoms with E-state index in [1.807, 2.05) is 42.6 Å². The molecule has 2 heterocycles. The highest BCUT2D eigenvalue weighted by Gasteiger charge is 2.26. The zero-order valence-corrected chi connectivity index (χ0v) is 10.3. The summed E-state index contributed by atoms with van der Waals surface area (Å²) in [5, 5.41) is 0. The second kappa shape index (κ2) is 4.57. The summed E-state index contributed by atoms with van der Waals surface area (Å²) in [6.45, 7) is 4.02. The number of esters is 1. The lowest BCUT2D eigenvalue weighted by Crippen LogP contribution is -2.21. The van der Waals surface area contributed by atoms with Gasteiger partial charge in [-0.2, -0.15) is 0 Å². The predicted molar refractivity (Wildman–Crippen MR) is 64.8 cm³/mol. The van der Waals surface area contributed by atoms with Gasteiger partial charge in [-0.3, -0.25) is 4.79 Å². The summed E-state index contributed by atoms with van der Waals surface area (Å²) in [4.78, 5) is 16.1. The maximum Gasteiger partial charge on any atom is 0.314 e. The fourth-order valence-corrected chi connectivity index (χ4v) is 2.08. The Bertz CT molecular complexity index is 531. The first-order valence-electron chi connectivity index (χ1n) is 5.65. The molecule has 0 bridgehead atoms. The summed E-state index contributed by atoms with van der Waals surface area (Å²) in [6, 6.07) is 5.77. The Labute approximate surface area is 100 Å². The molecule has 1 atom stereocenters. The van der Waals surface area contributed by atoms with Gasteiger partial charge in [0.05, 0.1) is 13.0 Å². The van der Waals surface area contributed by atoms with Crippen molar-refractivity contribution in [2.24, 2.45) is 5.92 Å². The number of nitrogens with zero attached hydrogens (tertiary/aromatic N) is 2. The van der Waals surface area contributed by atoms with Gasteiger partial charge in [0.1, 0.15) is 5.65 Å². The molecule has 0 radical (unpaired) electrons. The summed E-state index contributed by atoms with van der Waals surface area (Å²) >= 11 is 0. The molecule has 0 saturated carbocycles. The molecule has 90 valence electrons. The third-order valence-corrected chi connectivity index (χ3v) is 2.90. The van der Waals surface area contributed by atoms with Gasteiger partial charge in [-0.15, -0.1) is 0 Å². The van der Waals surface area contributed by atoms with Crippen LogP contribution in [0, 0.1) is 5.92 Å². The van der Waals surface area contributed by atoms with Crippen LogP contribution in [0.1, 0.15) is 25.5 Å². The lowest BCUT2D eigenvalue weighted by atomic mass is 9.92. The highest BCUT2D eigenvalue weighted by Crippen LogP contribution is 2.26. The average molecular weight is 232 g/mol. The van der Waals surface area contributed by atoms with E-state index in [4.69, 9.17) is 4.74 Å². The van der Waals surface area contributed by atoms with Gasteiger partial charge in [0, 0.05) is 18.1 Å². The number of aromatic nitrogens is 2. The number of hydrogen-bond donors (Lipinski definition) is 0. The van der Waals surface area contributed by atoms with E-state index in [0.717, 1.165) is 11.3 Å². The molecule has 0 aromatic carbocycles. The summed E-state index contributed by atoms with van der Waals surface area (Å²) in [6.07, 6.45) is 3.59. The molecule has 0 fully saturated rings. The number of hydrogen-bond acceptors (Lipinski definition) is 3. The van der Waals surface area contributed by atoms with Gasteiger partial charge in [-0.25, -0.2) is 4.98 Å². The van der Waals surface area contributed by atoms with Gasteiger partial charge in [0.25, 0.3) is 0 Å². The van der Waals surface area contributed by atoms with E-state index in [1.54, 1.807) is 6.20 Å². The highest BCUT2D eigenvalue weighted by atomic mass is 16.5. The van der Waals surface area contributed by atoms with Crippen LogP contribution in [0.4, 0.5) is 0 Å². The zero-order valence-electron chi connectivity index (χ0n) is 10.3. The SMILES string of the molecule is COC(=O)C(c1cccc2nccn12)C(C)C. The van der Waals surface area contributed by atoms with Crippen LogP contribution in [0.2, 0.25) is 0 Å². The van der Waals surface area contributed by atoms with Crippen LogP contribution < -0.4 is 0 Å². The van der Waals surface area contributed by atoms with Crippen molar-refractivity contribution in [2.45, 2.75) is 19.8 Å². The van der Waals surface area contributed by atoms with Gasteiger partial charge in [0.2, 0.25) is 0 Å². The van der Waals surface area contributed by atoms with Gasteiger partial charge in [-0.1, -0.05) is 19.9 Å². The molecule has 2 aromatic rings. The van der Waals surface area contributed by atoms with Crippen LogP contribution in [0.5, 0.6) is 0 Å². The lowest BCUT2D eigenvalue weighted by molar-refractivity contribution is -0.143. The highest BCUT2D eigenvalue weighted by molar-refractivity contribution is 5.78. The quantitative estimate of drug-likeness (QED) is 0.762. The number of carbonyl (C=O) groups excluding carboxylic acids is 1. The molecule has 1 unspecified atom stereocenters. The first-order chi connectivity index (χ1) is 8.15. The van der Waals surface area contributed by atoms with E-state index in [9.17, 15) is 4.79 Å². The third kappa shape index (κ3) is 2.02. The first-order valence-corrected chi connectivity index (χ1v) is 5.65. The molecule has 2 aromatic heterocycles. The minimum atomic E-state index is -0.266. The Morgan fingerprint density at radius 1 is 1.41 bits per heavy atom. The maximum atomic E-state index is 11.9. The summed E-state index contributed by atoms with van der Waals surface area (Å²) in [5.41, 5.74) is 1.76. The van der Waals surface area contributed by atoms with Crippen molar-refractivity contribution in [3.63, 3.8) is 0 Å². The Hall–Kier alpha value is -1.84. The molecule has 17 heavy (non-hydrogen) atoms. The molecule has 0 aliphatic heterocycles. The monoisotopic (exact) mass is 232 g/mol. The minimum Gasteiger partial charge on any atom is -0.468 e. The molecule has 0 spiro atoms. The van der Waals surface area contributed by atoms with Crippen LogP contribution in [-0.4, -0.2) is 22.5 Å². The van der Waals surface area contributed by atoms with Crippen LogP contribution in [0.15, 0.2) is 30.6 Å². The van der Waals surface area contributed by atoms with Gasteiger partial charge < -0.3 is 9.14 Å². The van der Waals surface area contributed by atoms with E-state index in [0.29, 0.717) is 0 Å². The molecule has 0 aliphatic carbocycles. The number of ether oxygens (including phenoxy) is 1. The molecule has 0 aliphatic rings. The minimum absolute atomic E-state index is 0.176. The molecular formula is C13H16N2O2. The Morgan fingerprint density at radius 3 is 2.82 bits per heavy atom. The van der Waals surface area contributed by atoms with Crippen LogP contribution in [0.25, 0.3) is 5.65 Å². The molecular weight excluding hydrogens is 216 g/mol. The van der Waals surface area contributed by atoms with E-state index in [2.05, 4.69) is 4.98 Å². The van der Waals surface area contributed by atoms with Crippen molar-refractivity contribution in [1.29, 1.82) is 0 Å². The number of imidazole rings is 1. The lowest BCUT2D eigenvalue weighted by Gasteiger charge is -2.19. The molecule has 2 rings (SSSR count). The van der Waals surface area contributed by atoms with Crippen molar-refractivity contribution in [1.82, 2.24) is 9.38 Å². The van der Waals surface area contributed by atoms with Gasteiger partial charge in [-0.05, 0) is 18.1 Å². The van der Waals surface area contributed by atoms with Crippen molar-refractivity contribution in [3.05, 3.63) is 36.3 Å². The van der Waals surface area contributed by atoms with Gasteiger partial charge in [0.15, 0.2) is 0 Å². The Morgan fingerprint density at radius 2 is 2.18 bits per heavy atom. The number of fused-ring (bicyclic) bond motifs is 1. The van der Waals surface area contributed by atoms with Crippen molar-refractivity contribution < 1.29 is 9.53 Å². The Balaban J connectivity index is 2.56. The number of methoxy groups -OCH3 is 1. The first kappa shape index (κ1) is 11.6. The second-order valence-electron chi connectivity index (χ2n) is 4.35. The van der Waals surface area contributed by atoms with Crippen molar-refractivity contribution >= 4 is 11.6 Å². The van der Waals surface area contributed by atoms with Gasteiger partial charge >= 0.3 is 5.97 Å². The standard InChI is InChI=1S/C13H16N2O2/c1-9(2)12(13(16)17-3)10-5-4-6-11-14-7-8-15(10)11/h4-9,12H,1-3H3. The topological polar surface area (TPSA) is 43.6 Å². The largest absolute Gasteiger partial charge is 0.468 e.